The standard InChI is InChI=1S/C26H22ClF2N5O/c1-4-20(35)34-11-10-33(13-14(34)2)26-18-12-30-24(23(29)25(18)31-15(3)32-26)17-7-5-6-16-8-9-19(28)22(27)21(16)17/h4-9,12,14H,1,10-11,13H2,2-3H3. The molecule has 0 spiro atoms. The Labute approximate surface area is 205 Å². The number of anilines is 1. The van der Waals surface area contributed by atoms with Gasteiger partial charge >= 0.3 is 0 Å². The zero-order valence-electron chi connectivity index (χ0n) is 19.2. The average molecular weight is 494 g/mol. The third-order valence-corrected chi connectivity index (χ3v) is 6.72. The second-order valence-electron chi connectivity index (χ2n) is 8.57. The lowest BCUT2D eigenvalue weighted by atomic mass is 10.0. The fraction of sp³-hybridized carbons (Fsp3) is 0.231. The minimum Gasteiger partial charge on any atom is -0.352 e. The molecule has 1 aliphatic rings. The van der Waals surface area contributed by atoms with E-state index in [0.29, 0.717) is 53.0 Å². The first kappa shape index (κ1) is 23.1. The van der Waals surface area contributed by atoms with Crippen molar-refractivity contribution < 1.29 is 13.6 Å². The highest BCUT2D eigenvalue weighted by atomic mass is 35.5. The number of fused-ring (bicyclic) bond motifs is 2. The number of aryl methyl sites for hydroxylation is 1. The van der Waals surface area contributed by atoms with E-state index >= 15 is 4.39 Å². The van der Waals surface area contributed by atoms with Gasteiger partial charge in [-0.1, -0.05) is 42.4 Å². The second-order valence-corrected chi connectivity index (χ2v) is 8.95. The number of carbonyl (C=O) groups excluding carboxylic acids is 1. The van der Waals surface area contributed by atoms with Gasteiger partial charge in [-0.3, -0.25) is 9.78 Å². The summed E-state index contributed by atoms with van der Waals surface area (Å²) >= 11 is 6.27. The Kier molecular flexibility index (Phi) is 5.84. The molecule has 0 bridgehead atoms. The van der Waals surface area contributed by atoms with Crippen molar-refractivity contribution in [1.82, 2.24) is 19.9 Å². The van der Waals surface area contributed by atoms with Crippen LogP contribution >= 0.6 is 11.6 Å². The highest BCUT2D eigenvalue weighted by Crippen LogP contribution is 2.37. The van der Waals surface area contributed by atoms with Gasteiger partial charge in [0.1, 0.15) is 28.7 Å². The fourth-order valence-corrected chi connectivity index (χ4v) is 4.95. The largest absolute Gasteiger partial charge is 0.352 e. The molecule has 9 heteroatoms. The summed E-state index contributed by atoms with van der Waals surface area (Å²) in [6.07, 6.45) is 2.85. The van der Waals surface area contributed by atoms with Gasteiger partial charge < -0.3 is 9.80 Å². The van der Waals surface area contributed by atoms with Crippen LogP contribution < -0.4 is 4.90 Å². The van der Waals surface area contributed by atoms with Gasteiger partial charge in [0.2, 0.25) is 5.91 Å². The molecule has 0 saturated carbocycles. The van der Waals surface area contributed by atoms with E-state index in [1.165, 1.54) is 12.1 Å². The lowest BCUT2D eigenvalue weighted by Gasteiger charge is -2.40. The predicted molar refractivity (Wildman–Crippen MR) is 134 cm³/mol. The maximum absolute atomic E-state index is 16.0. The topological polar surface area (TPSA) is 62.2 Å². The zero-order chi connectivity index (χ0) is 24.9. The van der Waals surface area contributed by atoms with Crippen molar-refractivity contribution in [3.05, 3.63) is 71.7 Å². The molecule has 35 heavy (non-hydrogen) atoms. The summed E-state index contributed by atoms with van der Waals surface area (Å²) in [5.74, 6) is -0.372. The Morgan fingerprint density at radius 3 is 2.74 bits per heavy atom. The van der Waals surface area contributed by atoms with Crippen LogP contribution in [0.5, 0.6) is 0 Å². The molecule has 1 aliphatic heterocycles. The van der Waals surface area contributed by atoms with Gasteiger partial charge in [-0.05, 0) is 31.4 Å². The average Bonchev–Trinajstić information content (AvgIpc) is 2.85. The molecule has 4 aromatic rings. The van der Waals surface area contributed by atoms with Crippen LogP contribution in [0.4, 0.5) is 14.6 Å². The summed E-state index contributed by atoms with van der Waals surface area (Å²) in [5, 5.41) is 1.45. The van der Waals surface area contributed by atoms with Crippen LogP contribution in [-0.4, -0.2) is 51.4 Å². The highest BCUT2D eigenvalue weighted by molar-refractivity contribution is 6.36. The van der Waals surface area contributed by atoms with Crippen molar-refractivity contribution in [3.8, 4) is 11.3 Å². The van der Waals surface area contributed by atoms with Gasteiger partial charge in [0.25, 0.3) is 0 Å². The molecule has 2 aromatic heterocycles. The Morgan fingerprint density at radius 1 is 1.20 bits per heavy atom. The SMILES string of the molecule is C=CC(=O)N1CCN(c2nc(C)nc3c(F)c(-c4cccc5ccc(F)c(Cl)c45)ncc23)CC1C. The van der Waals surface area contributed by atoms with Crippen molar-refractivity contribution in [1.29, 1.82) is 0 Å². The molecular weight excluding hydrogens is 472 g/mol. The van der Waals surface area contributed by atoms with E-state index in [9.17, 15) is 9.18 Å². The molecule has 3 heterocycles. The van der Waals surface area contributed by atoms with E-state index in [1.807, 2.05) is 11.8 Å². The normalized spacial score (nSPS) is 16.2. The maximum Gasteiger partial charge on any atom is 0.246 e. The Morgan fingerprint density at radius 2 is 2.00 bits per heavy atom. The quantitative estimate of drug-likeness (QED) is 0.362. The van der Waals surface area contributed by atoms with Crippen LogP contribution in [0, 0.1) is 18.6 Å². The first-order chi connectivity index (χ1) is 16.8. The van der Waals surface area contributed by atoms with Gasteiger partial charge in [-0.25, -0.2) is 18.7 Å². The van der Waals surface area contributed by atoms with Crippen molar-refractivity contribution in [2.24, 2.45) is 0 Å². The molecule has 1 unspecified atom stereocenters. The van der Waals surface area contributed by atoms with Gasteiger partial charge in [0, 0.05) is 42.8 Å². The van der Waals surface area contributed by atoms with Crippen LogP contribution in [0.25, 0.3) is 32.9 Å². The molecule has 1 saturated heterocycles. The summed E-state index contributed by atoms with van der Waals surface area (Å²) in [6.45, 7) is 8.75. The molecule has 1 atom stereocenters. The number of pyridine rings is 1. The first-order valence-electron chi connectivity index (χ1n) is 11.2. The third kappa shape index (κ3) is 3.87. The number of hydrogen-bond donors (Lipinski definition) is 0. The molecule has 6 nitrogen and oxygen atoms in total. The van der Waals surface area contributed by atoms with Crippen molar-refractivity contribution >= 4 is 45.0 Å². The number of aromatic nitrogens is 3. The second kappa shape index (κ2) is 8.85. The smallest absolute Gasteiger partial charge is 0.246 e. The third-order valence-electron chi connectivity index (χ3n) is 6.35. The number of piperazine rings is 1. The number of nitrogens with zero attached hydrogens (tertiary/aromatic N) is 5. The number of hydrogen-bond acceptors (Lipinski definition) is 5. The van der Waals surface area contributed by atoms with E-state index < -0.39 is 11.6 Å². The van der Waals surface area contributed by atoms with E-state index in [4.69, 9.17) is 11.6 Å². The Hall–Kier alpha value is -3.65. The van der Waals surface area contributed by atoms with Gasteiger partial charge in [-0.15, -0.1) is 0 Å². The molecule has 2 aromatic carbocycles. The van der Waals surface area contributed by atoms with E-state index in [2.05, 4.69) is 21.5 Å². The van der Waals surface area contributed by atoms with E-state index in [-0.39, 0.29) is 28.2 Å². The summed E-state index contributed by atoms with van der Waals surface area (Å²) in [6, 6.07) is 8.00. The summed E-state index contributed by atoms with van der Waals surface area (Å²) in [4.78, 5) is 29.3. The van der Waals surface area contributed by atoms with E-state index in [1.54, 1.807) is 42.3 Å². The summed E-state index contributed by atoms with van der Waals surface area (Å²) in [5.41, 5.74) is 0.545. The molecule has 1 amide bonds. The van der Waals surface area contributed by atoms with Crippen molar-refractivity contribution in [2.75, 3.05) is 24.5 Å². The minimum atomic E-state index is -0.629. The van der Waals surface area contributed by atoms with Crippen LogP contribution in [0.1, 0.15) is 12.7 Å². The number of rotatable bonds is 3. The van der Waals surface area contributed by atoms with Gasteiger partial charge in [-0.2, -0.15) is 0 Å². The predicted octanol–water partition coefficient (Wildman–Crippen LogP) is 5.31. The highest BCUT2D eigenvalue weighted by Gasteiger charge is 2.29. The number of amides is 1. The van der Waals surface area contributed by atoms with E-state index in [0.717, 1.165) is 0 Å². The summed E-state index contributed by atoms with van der Waals surface area (Å²) < 4.78 is 30.2. The Bertz CT molecular complexity index is 1510. The lowest BCUT2D eigenvalue weighted by Crippen LogP contribution is -2.54. The minimum absolute atomic E-state index is 0.0365. The molecule has 0 aliphatic carbocycles. The van der Waals surface area contributed by atoms with Crippen molar-refractivity contribution in [3.63, 3.8) is 0 Å². The van der Waals surface area contributed by atoms with Crippen LogP contribution in [0.2, 0.25) is 5.02 Å². The number of halogens is 3. The summed E-state index contributed by atoms with van der Waals surface area (Å²) in [7, 11) is 0. The van der Waals surface area contributed by atoms with Gasteiger partial charge in [0.05, 0.1) is 10.4 Å². The van der Waals surface area contributed by atoms with Crippen LogP contribution in [0.15, 0.2) is 49.2 Å². The molecule has 178 valence electrons. The van der Waals surface area contributed by atoms with Crippen LogP contribution in [-0.2, 0) is 4.79 Å². The molecular formula is C26H22ClF2N5O. The van der Waals surface area contributed by atoms with Crippen molar-refractivity contribution in [2.45, 2.75) is 19.9 Å². The first-order valence-corrected chi connectivity index (χ1v) is 11.6. The molecule has 0 N–H and O–H groups in total. The lowest BCUT2D eigenvalue weighted by molar-refractivity contribution is -0.128. The Balaban J connectivity index is 1.63. The number of carbonyl (C=O) groups is 1. The monoisotopic (exact) mass is 493 g/mol. The maximum atomic E-state index is 16.0. The molecule has 1 fully saturated rings. The van der Waals surface area contributed by atoms with Gasteiger partial charge in [0.15, 0.2) is 5.82 Å². The molecule has 0 radical (unpaired) electrons. The molecule has 5 rings (SSSR count). The number of benzene rings is 2. The van der Waals surface area contributed by atoms with Crippen LogP contribution in [0.3, 0.4) is 0 Å². The fourth-order valence-electron chi connectivity index (χ4n) is 4.68. The zero-order valence-corrected chi connectivity index (χ0v) is 20.0.